The van der Waals surface area contributed by atoms with Gasteiger partial charge in [-0.05, 0) is 25.3 Å². The van der Waals surface area contributed by atoms with Crippen LogP contribution < -0.4 is 5.32 Å². The van der Waals surface area contributed by atoms with Crippen molar-refractivity contribution in [1.29, 1.82) is 0 Å². The first kappa shape index (κ1) is 15.4. The number of nitrogens with zero attached hydrogens (tertiary/aromatic N) is 1. The van der Waals surface area contributed by atoms with Crippen LogP contribution in [0, 0.1) is 5.92 Å². The Kier molecular flexibility index (Phi) is 9.30. The lowest BCUT2D eigenvalue weighted by Crippen LogP contribution is -2.31. The highest BCUT2D eigenvalue weighted by Crippen LogP contribution is 1.97. The molecule has 0 fully saturated rings. The summed E-state index contributed by atoms with van der Waals surface area (Å²) in [5.41, 5.74) is 0. The van der Waals surface area contributed by atoms with Gasteiger partial charge in [0.05, 0.1) is 0 Å². The second-order valence-corrected chi connectivity index (χ2v) is 4.85. The summed E-state index contributed by atoms with van der Waals surface area (Å²) in [7, 11) is 1.89. The van der Waals surface area contributed by atoms with Crippen molar-refractivity contribution in [2.45, 2.75) is 46.5 Å². The molecule has 0 saturated heterocycles. The second kappa shape index (κ2) is 9.64. The van der Waals surface area contributed by atoms with Gasteiger partial charge in [-0.3, -0.25) is 4.79 Å². The highest BCUT2D eigenvalue weighted by atomic mass is 16.2. The maximum atomic E-state index is 11.6. The van der Waals surface area contributed by atoms with Gasteiger partial charge in [0.1, 0.15) is 0 Å². The van der Waals surface area contributed by atoms with Crippen LogP contribution in [0.1, 0.15) is 46.5 Å². The summed E-state index contributed by atoms with van der Waals surface area (Å²) in [5, 5.41) is 3.31. The minimum Gasteiger partial charge on any atom is -0.346 e. The van der Waals surface area contributed by atoms with Crippen LogP contribution in [0.5, 0.6) is 0 Å². The number of carbonyl (C=O) groups excluding carboxylic acids is 1. The van der Waals surface area contributed by atoms with E-state index >= 15 is 0 Å². The average molecular weight is 228 g/mol. The van der Waals surface area contributed by atoms with Crippen molar-refractivity contribution in [2.75, 3.05) is 26.7 Å². The van der Waals surface area contributed by atoms with E-state index in [9.17, 15) is 4.79 Å². The van der Waals surface area contributed by atoms with Crippen LogP contribution in [0.25, 0.3) is 0 Å². The molecule has 96 valence electrons. The predicted octanol–water partition coefficient (Wildman–Crippen LogP) is 2.27. The number of hydrogen-bond donors (Lipinski definition) is 1. The zero-order valence-corrected chi connectivity index (χ0v) is 11.4. The van der Waals surface area contributed by atoms with E-state index < -0.39 is 0 Å². The van der Waals surface area contributed by atoms with Crippen molar-refractivity contribution in [2.24, 2.45) is 5.92 Å². The molecule has 0 aliphatic rings. The molecule has 0 aliphatic heterocycles. The maximum Gasteiger partial charge on any atom is 0.223 e. The first-order valence-electron chi connectivity index (χ1n) is 6.52. The first-order valence-corrected chi connectivity index (χ1v) is 6.52. The van der Waals surface area contributed by atoms with Gasteiger partial charge in [-0.1, -0.05) is 27.2 Å². The molecule has 1 amide bonds. The van der Waals surface area contributed by atoms with E-state index in [1.807, 2.05) is 11.9 Å². The van der Waals surface area contributed by atoms with Gasteiger partial charge in [0.2, 0.25) is 5.91 Å². The topological polar surface area (TPSA) is 32.3 Å². The van der Waals surface area contributed by atoms with Crippen molar-refractivity contribution in [3.8, 4) is 0 Å². The highest BCUT2D eigenvalue weighted by molar-refractivity contribution is 5.75. The lowest BCUT2D eigenvalue weighted by atomic mass is 10.1. The van der Waals surface area contributed by atoms with Crippen molar-refractivity contribution in [3.05, 3.63) is 0 Å². The standard InChI is InChI=1S/C13H28N2O/c1-5-6-11-15(4)13(16)8-10-14-9-7-12(2)3/h12,14H,5-11H2,1-4H3. The Hall–Kier alpha value is -0.570. The lowest BCUT2D eigenvalue weighted by molar-refractivity contribution is -0.129. The SMILES string of the molecule is CCCCN(C)C(=O)CCNCCC(C)C. The van der Waals surface area contributed by atoms with Gasteiger partial charge in [-0.25, -0.2) is 0 Å². The molecule has 0 aromatic rings. The third kappa shape index (κ3) is 8.72. The summed E-state index contributed by atoms with van der Waals surface area (Å²) in [6.07, 6.45) is 4.05. The van der Waals surface area contributed by atoms with E-state index in [2.05, 4.69) is 26.1 Å². The fourth-order valence-corrected chi connectivity index (χ4v) is 1.42. The Morgan fingerprint density at radius 3 is 2.56 bits per heavy atom. The fraction of sp³-hybridized carbons (Fsp3) is 0.923. The quantitative estimate of drug-likeness (QED) is 0.614. The van der Waals surface area contributed by atoms with Crippen LogP contribution in [0.4, 0.5) is 0 Å². The zero-order chi connectivity index (χ0) is 12.4. The second-order valence-electron chi connectivity index (χ2n) is 4.85. The molecule has 16 heavy (non-hydrogen) atoms. The smallest absolute Gasteiger partial charge is 0.223 e. The molecule has 0 unspecified atom stereocenters. The normalized spacial score (nSPS) is 10.8. The number of unbranched alkanes of at least 4 members (excludes halogenated alkanes) is 1. The van der Waals surface area contributed by atoms with Gasteiger partial charge >= 0.3 is 0 Å². The zero-order valence-electron chi connectivity index (χ0n) is 11.4. The number of rotatable bonds is 9. The molecule has 1 N–H and O–H groups in total. The van der Waals surface area contributed by atoms with Crippen molar-refractivity contribution < 1.29 is 4.79 Å². The Balaban J connectivity index is 3.42. The van der Waals surface area contributed by atoms with Gasteiger partial charge in [0.15, 0.2) is 0 Å². The molecule has 0 aliphatic carbocycles. The van der Waals surface area contributed by atoms with Crippen LogP contribution in [0.3, 0.4) is 0 Å². The van der Waals surface area contributed by atoms with Crippen LogP contribution in [-0.2, 0) is 4.79 Å². The van der Waals surface area contributed by atoms with Crippen molar-refractivity contribution >= 4 is 5.91 Å². The number of nitrogens with one attached hydrogen (secondary N) is 1. The molecule has 0 atom stereocenters. The van der Waals surface area contributed by atoms with E-state index in [4.69, 9.17) is 0 Å². The summed E-state index contributed by atoms with van der Waals surface area (Å²) >= 11 is 0. The number of hydrogen-bond acceptors (Lipinski definition) is 2. The Bertz CT molecular complexity index is 181. The first-order chi connectivity index (χ1) is 7.57. The average Bonchev–Trinajstić information content (AvgIpc) is 2.24. The molecule has 3 heteroatoms. The molecule has 0 aromatic heterocycles. The minimum absolute atomic E-state index is 0.255. The highest BCUT2D eigenvalue weighted by Gasteiger charge is 2.06. The summed E-state index contributed by atoms with van der Waals surface area (Å²) in [5.74, 6) is 0.987. The molecule has 0 aromatic carbocycles. The van der Waals surface area contributed by atoms with E-state index in [0.717, 1.165) is 38.4 Å². The van der Waals surface area contributed by atoms with Gasteiger partial charge in [-0.2, -0.15) is 0 Å². The summed E-state index contributed by atoms with van der Waals surface area (Å²) < 4.78 is 0. The predicted molar refractivity (Wildman–Crippen MR) is 69.5 cm³/mol. The number of carbonyl (C=O) groups is 1. The third-order valence-corrected chi connectivity index (χ3v) is 2.69. The molecular formula is C13H28N2O. The van der Waals surface area contributed by atoms with Crippen LogP contribution in [0.15, 0.2) is 0 Å². The molecular weight excluding hydrogens is 200 g/mol. The largest absolute Gasteiger partial charge is 0.346 e. The summed E-state index contributed by atoms with van der Waals surface area (Å²) in [6.45, 7) is 9.29. The van der Waals surface area contributed by atoms with E-state index in [1.54, 1.807) is 0 Å². The van der Waals surface area contributed by atoms with E-state index in [-0.39, 0.29) is 5.91 Å². The van der Waals surface area contributed by atoms with Gasteiger partial charge < -0.3 is 10.2 Å². The lowest BCUT2D eigenvalue weighted by Gasteiger charge is -2.16. The van der Waals surface area contributed by atoms with E-state index in [1.165, 1.54) is 6.42 Å². The summed E-state index contributed by atoms with van der Waals surface area (Å²) in [4.78, 5) is 13.5. The number of amides is 1. The van der Waals surface area contributed by atoms with Crippen LogP contribution in [-0.4, -0.2) is 37.5 Å². The van der Waals surface area contributed by atoms with Gasteiger partial charge in [-0.15, -0.1) is 0 Å². The maximum absolute atomic E-state index is 11.6. The molecule has 3 nitrogen and oxygen atoms in total. The molecule has 0 heterocycles. The van der Waals surface area contributed by atoms with Gasteiger partial charge in [0.25, 0.3) is 0 Å². The van der Waals surface area contributed by atoms with Crippen molar-refractivity contribution in [3.63, 3.8) is 0 Å². The van der Waals surface area contributed by atoms with Crippen molar-refractivity contribution in [1.82, 2.24) is 10.2 Å². The fourth-order valence-electron chi connectivity index (χ4n) is 1.42. The van der Waals surface area contributed by atoms with Crippen LogP contribution in [0.2, 0.25) is 0 Å². The van der Waals surface area contributed by atoms with E-state index in [0.29, 0.717) is 6.42 Å². The molecule has 0 rings (SSSR count). The molecule has 0 radical (unpaired) electrons. The molecule has 0 bridgehead atoms. The Morgan fingerprint density at radius 2 is 2.00 bits per heavy atom. The molecule has 0 spiro atoms. The molecule has 0 saturated carbocycles. The Labute approximate surface area is 101 Å². The van der Waals surface area contributed by atoms with Gasteiger partial charge in [0, 0.05) is 26.6 Å². The third-order valence-electron chi connectivity index (χ3n) is 2.69. The monoisotopic (exact) mass is 228 g/mol. The minimum atomic E-state index is 0.255. The van der Waals surface area contributed by atoms with Crippen LogP contribution >= 0.6 is 0 Å². The summed E-state index contributed by atoms with van der Waals surface area (Å²) in [6, 6.07) is 0. The Morgan fingerprint density at radius 1 is 1.31 bits per heavy atom.